The van der Waals surface area contributed by atoms with E-state index in [9.17, 15) is 18.0 Å². The fraction of sp³-hybridized carbons (Fsp3) is 0.316. The summed E-state index contributed by atoms with van der Waals surface area (Å²) >= 11 is 0. The van der Waals surface area contributed by atoms with Gasteiger partial charge in [0.15, 0.2) is 0 Å². The molecule has 0 bridgehead atoms. The number of halogens is 3. The summed E-state index contributed by atoms with van der Waals surface area (Å²) in [5, 5.41) is 2.91. The van der Waals surface area contributed by atoms with Crippen molar-refractivity contribution in [2.45, 2.75) is 32.0 Å². The number of benzene rings is 2. The van der Waals surface area contributed by atoms with Crippen LogP contribution in [-0.4, -0.2) is 13.0 Å². The highest BCUT2D eigenvalue weighted by Gasteiger charge is 2.30. The van der Waals surface area contributed by atoms with E-state index in [2.05, 4.69) is 5.32 Å². The third-order valence-corrected chi connectivity index (χ3v) is 3.90. The monoisotopic (exact) mass is 351 g/mol. The fourth-order valence-electron chi connectivity index (χ4n) is 2.60. The molecule has 134 valence electrons. The van der Waals surface area contributed by atoms with Gasteiger partial charge in [-0.3, -0.25) is 4.79 Å². The molecule has 0 saturated carbocycles. The summed E-state index contributed by atoms with van der Waals surface area (Å²) in [6.45, 7) is 1.94. The second-order valence-electron chi connectivity index (χ2n) is 5.64. The van der Waals surface area contributed by atoms with Gasteiger partial charge in [0.1, 0.15) is 5.75 Å². The maximum Gasteiger partial charge on any atom is 0.416 e. The quantitative estimate of drug-likeness (QED) is 0.831. The zero-order chi connectivity index (χ0) is 18.4. The molecule has 0 aliphatic rings. The number of amides is 1. The maximum absolute atomic E-state index is 12.6. The molecule has 25 heavy (non-hydrogen) atoms. The van der Waals surface area contributed by atoms with Gasteiger partial charge in [0.25, 0.3) is 0 Å². The second kappa shape index (κ2) is 8.05. The molecule has 2 aromatic rings. The van der Waals surface area contributed by atoms with Crippen LogP contribution >= 0.6 is 0 Å². The van der Waals surface area contributed by atoms with Gasteiger partial charge >= 0.3 is 6.18 Å². The summed E-state index contributed by atoms with van der Waals surface area (Å²) in [4.78, 5) is 12.3. The highest BCUT2D eigenvalue weighted by molar-refractivity contribution is 5.79. The van der Waals surface area contributed by atoms with Crippen molar-refractivity contribution < 1.29 is 22.7 Å². The van der Waals surface area contributed by atoms with Crippen LogP contribution in [0.25, 0.3) is 0 Å². The molecule has 0 spiro atoms. The molecule has 0 fully saturated rings. The molecule has 1 unspecified atom stereocenters. The average molecular weight is 351 g/mol. The van der Waals surface area contributed by atoms with Crippen LogP contribution in [0.4, 0.5) is 13.2 Å². The lowest BCUT2D eigenvalue weighted by Crippen LogP contribution is -2.29. The highest BCUT2D eigenvalue weighted by atomic mass is 19.4. The molecule has 0 aromatic heterocycles. The van der Waals surface area contributed by atoms with Crippen LogP contribution in [0.2, 0.25) is 0 Å². The van der Waals surface area contributed by atoms with E-state index in [4.69, 9.17) is 4.74 Å². The minimum Gasteiger partial charge on any atom is -0.496 e. The smallest absolute Gasteiger partial charge is 0.416 e. The van der Waals surface area contributed by atoms with Gasteiger partial charge < -0.3 is 10.1 Å². The van der Waals surface area contributed by atoms with Crippen LogP contribution in [0, 0.1) is 0 Å². The van der Waals surface area contributed by atoms with E-state index >= 15 is 0 Å². The molecular formula is C19H20F3NO2. The summed E-state index contributed by atoms with van der Waals surface area (Å²) in [5.41, 5.74) is 0.672. The first kappa shape index (κ1) is 18.8. The minimum absolute atomic E-state index is 0.0176. The van der Waals surface area contributed by atoms with E-state index in [1.165, 1.54) is 12.1 Å². The Morgan fingerprint density at radius 2 is 1.76 bits per heavy atom. The van der Waals surface area contributed by atoms with Gasteiger partial charge in [-0.1, -0.05) is 37.3 Å². The largest absolute Gasteiger partial charge is 0.496 e. The van der Waals surface area contributed by atoms with Crippen molar-refractivity contribution in [2.75, 3.05) is 7.11 Å². The lowest BCUT2D eigenvalue weighted by Gasteiger charge is -2.20. The van der Waals surface area contributed by atoms with E-state index in [0.29, 0.717) is 17.7 Å². The lowest BCUT2D eigenvalue weighted by atomic mass is 10.0. The van der Waals surface area contributed by atoms with E-state index in [0.717, 1.165) is 17.7 Å². The lowest BCUT2D eigenvalue weighted by molar-refractivity contribution is -0.137. The van der Waals surface area contributed by atoms with Crippen LogP contribution in [0.1, 0.15) is 36.1 Å². The number of ether oxygens (including phenoxy) is 1. The van der Waals surface area contributed by atoms with Crippen molar-refractivity contribution in [3.05, 3.63) is 65.2 Å². The second-order valence-corrected chi connectivity index (χ2v) is 5.64. The SMILES string of the molecule is CCC(NC(=O)Cc1ccc(C(F)(F)F)cc1)c1ccccc1OC. The Balaban J connectivity index is 2.05. The van der Waals surface area contributed by atoms with Crippen molar-refractivity contribution >= 4 is 5.91 Å². The maximum atomic E-state index is 12.6. The molecule has 6 heteroatoms. The standard InChI is InChI=1S/C19H20F3NO2/c1-3-16(15-6-4-5-7-17(15)25-2)23-18(24)12-13-8-10-14(11-9-13)19(20,21)22/h4-11,16H,3,12H2,1-2H3,(H,23,24). The molecule has 0 saturated heterocycles. The van der Waals surface area contributed by atoms with Crippen molar-refractivity contribution in [1.29, 1.82) is 0 Å². The van der Waals surface area contributed by atoms with E-state index in [1.54, 1.807) is 7.11 Å². The minimum atomic E-state index is -4.38. The van der Waals surface area contributed by atoms with Crippen LogP contribution in [-0.2, 0) is 17.4 Å². The van der Waals surface area contributed by atoms with Crippen molar-refractivity contribution in [3.8, 4) is 5.75 Å². The Morgan fingerprint density at radius 1 is 1.12 bits per heavy atom. The van der Waals surface area contributed by atoms with Gasteiger partial charge in [0, 0.05) is 5.56 Å². The molecular weight excluding hydrogens is 331 g/mol. The highest BCUT2D eigenvalue weighted by Crippen LogP contribution is 2.29. The zero-order valence-corrected chi connectivity index (χ0v) is 14.1. The summed E-state index contributed by atoms with van der Waals surface area (Å²) in [7, 11) is 1.57. The van der Waals surface area contributed by atoms with E-state index in [1.807, 2.05) is 31.2 Å². The average Bonchev–Trinajstić information content (AvgIpc) is 2.59. The van der Waals surface area contributed by atoms with Crippen molar-refractivity contribution in [3.63, 3.8) is 0 Å². The van der Waals surface area contributed by atoms with Crippen LogP contribution in [0.5, 0.6) is 5.75 Å². The predicted octanol–water partition coefficient (Wildman–Crippen LogP) is 4.52. The van der Waals surface area contributed by atoms with Gasteiger partial charge in [0.05, 0.1) is 25.1 Å². The third-order valence-electron chi connectivity index (χ3n) is 3.90. The first-order chi connectivity index (χ1) is 11.8. The number of hydrogen-bond donors (Lipinski definition) is 1. The van der Waals surface area contributed by atoms with Gasteiger partial charge in [-0.05, 0) is 30.2 Å². The van der Waals surface area contributed by atoms with Gasteiger partial charge in [-0.2, -0.15) is 13.2 Å². The fourth-order valence-corrected chi connectivity index (χ4v) is 2.60. The molecule has 1 N–H and O–H groups in total. The molecule has 2 aromatic carbocycles. The van der Waals surface area contributed by atoms with Crippen molar-refractivity contribution in [1.82, 2.24) is 5.32 Å². The van der Waals surface area contributed by atoms with E-state index in [-0.39, 0.29) is 18.4 Å². The molecule has 2 rings (SSSR count). The number of methoxy groups -OCH3 is 1. The van der Waals surface area contributed by atoms with Crippen molar-refractivity contribution in [2.24, 2.45) is 0 Å². The number of para-hydroxylation sites is 1. The first-order valence-corrected chi connectivity index (χ1v) is 7.93. The van der Waals surface area contributed by atoms with Crippen LogP contribution in [0.15, 0.2) is 48.5 Å². The molecule has 0 aliphatic heterocycles. The molecule has 3 nitrogen and oxygen atoms in total. The number of alkyl halides is 3. The van der Waals surface area contributed by atoms with Crippen LogP contribution < -0.4 is 10.1 Å². The van der Waals surface area contributed by atoms with Gasteiger partial charge in [-0.15, -0.1) is 0 Å². The molecule has 0 radical (unpaired) electrons. The van der Waals surface area contributed by atoms with E-state index < -0.39 is 11.7 Å². The summed E-state index contributed by atoms with van der Waals surface area (Å²) in [6.07, 6.45) is -3.69. The summed E-state index contributed by atoms with van der Waals surface area (Å²) < 4.78 is 43.0. The number of nitrogens with one attached hydrogen (secondary N) is 1. The Morgan fingerprint density at radius 3 is 2.32 bits per heavy atom. The van der Waals surface area contributed by atoms with Crippen LogP contribution in [0.3, 0.4) is 0 Å². The molecule has 1 atom stereocenters. The first-order valence-electron chi connectivity index (χ1n) is 7.93. The predicted molar refractivity (Wildman–Crippen MR) is 89.3 cm³/mol. The summed E-state index contributed by atoms with van der Waals surface area (Å²) in [5.74, 6) is 0.432. The summed E-state index contributed by atoms with van der Waals surface area (Å²) in [6, 6.07) is 11.8. The Kier molecular flexibility index (Phi) is 6.07. The Bertz CT molecular complexity index is 711. The topological polar surface area (TPSA) is 38.3 Å². The number of carbonyl (C=O) groups is 1. The zero-order valence-electron chi connectivity index (χ0n) is 14.1. The molecule has 0 aliphatic carbocycles. The number of carbonyl (C=O) groups excluding carboxylic acids is 1. The van der Waals surface area contributed by atoms with Gasteiger partial charge in [0.2, 0.25) is 5.91 Å². The Labute approximate surface area is 144 Å². The Hall–Kier alpha value is -2.50. The number of rotatable bonds is 6. The normalized spacial score (nSPS) is 12.5. The number of hydrogen-bond acceptors (Lipinski definition) is 2. The third kappa shape index (κ3) is 4.98. The molecule has 0 heterocycles. The molecule has 1 amide bonds. The van der Waals surface area contributed by atoms with Gasteiger partial charge in [-0.25, -0.2) is 0 Å².